The van der Waals surface area contributed by atoms with Gasteiger partial charge >= 0.3 is 0 Å². The van der Waals surface area contributed by atoms with E-state index in [0.717, 1.165) is 0 Å². The van der Waals surface area contributed by atoms with Gasteiger partial charge in [-0.15, -0.1) is 0 Å². The fourth-order valence-corrected chi connectivity index (χ4v) is 1.67. The van der Waals surface area contributed by atoms with Crippen molar-refractivity contribution in [2.75, 3.05) is 0 Å². The zero-order valence-electron chi connectivity index (χ0n) is 9.28. The largest absolute Gasteiger partial charge is 0.457 e. The van der Waals surface area contributed by atoms with Gasteiger partial charge in [-0.2, -0.15) is 0 Å². The molecular weight excluding hydrogens is 271 g/mol. The van der Waals surface area contributed by atoms with Gasteiger partial charge in [0.15, 0.2) is 0 Å². The van der Waals surface area contributed by atoms with E-state index >= 15 is 0 Å². The van der Waals surface area contributed by atoms with Crippen LogP contribution in [0.15, 0.2) is 42.5 Å². The zero-order valence-corrected chi connectivity index (χ0v) is 10.8. The minimum atomic E-state index is 0.0242. The van der Waals surface area contributed by atoms with Crippen LogP contribution in [0.25, 0.3) is 0 Å². The van der Waals surface area contributed by atoms with Crippen molar-refractivity contribution in [1.29, 1.82) is 5.41 Å². The Balaban J connectivity index is 2.18. The van der Waals surface area contributed by atoms with Gasteiger partial charge < -0.3 is 10.5 Å². The minimum Gasteiger partial charge on any atom is -0.457 e. The smallest absolute Gasteiger partial charge is 0.129 e. The second-order valence-corrected chi connectivity index (χ2v) is 4.43. The molecule has 3 N–H and O–H groups in total. The van der Waals surface area contributed by atoms with Crippen LogP contribution in [0, 0.1) is 5.41 Å². The SMILES string of the molecule is N=C(N)c1ccc(Oc2ccc(Cl)c(Cl)c2)cc1. The van der Waals surface area contributed by atoms with E-state index in [-0.39, 0.29) is 5.84 Å². The maximum Gasteiger partial charge on any atom is 0.129 e. The summed E-state index contributed by atoms with van der Waals surface area (Å²) in [5, 5.41) is 8.21. The van der Waals surface area contributed by atoms with Gasteiger partial charge in [-0.05, 0) is 36.4 Å². The van der Waals surface area contributed by atoms with Gasteiger partial charge in [0.25, 0.3) is 0 Å². The summed E-state index contributed by atoms with van der Waals surface area (Å²) in [6.45, 7) is 0. The summed E-state index contributed by atoms with van der Waals surface area (Å²) in [5.41, 5.74) is 6.01. The van der Waals surface area contributed by atoms with Crippen molar-refractivity contribution < 1.29 is 4.74 Å². The third kappa shape index (κ3) is 2.94. The molecule has 0 saturated carbocycles. The third-order valence-corrected chi connectivity index (χ3v) is 3.03. The lowest BCUT2D eigenvalue weighted by atomic mass is 10.2. The molecule has 0 unspecified atom stereocenters. The molecule has 2 aromatic rings. The molecule has 5 heteroatoms. The van der Waals surface area contributed by atoms with Crippen LogP contribution >= 0.6 is 23.2 Å². The Labute approximate surface area is 115 Å². The van der Waals surface area contributed by atoms with Gasteiger partial charge in [0.2, 0.25) is 0 Å². The van der Waals surface area contributed by atoms with Gasteiger partial charge in [0.1, 0.15) is 17.3 Å². The lowest BCUT2D eigenvalue weighted by Gasteiger charge is -2.07. The Morgan fingerprint density at radius 3 is 2.11 bits per heavy atom. The summed E-state index contributed by atoms with van der Waals surface area (Å²) < 4.78 is 5.59. The van der Waals surface area contributed by atoms with E-state index < -0.39 is 0 Å². The van der Waals surface area contributed by atoms with E-state index in [1.54, 1.807) is 42.5 Å². The van der Waals surface area contributed by atoms with Crippen LogP contribution in [0.2, 0.25) is 10.0 Å². The molecule has 0 saturated heterocycles. The zero-order chi connectivity index (χ0) is 13.1. The molecular formula is C13H10Cl2N2O. The Bertz CT molecular complexity index is 582. The highest BCUT2D eigenvalue weighted by atomic mass is 35.5. The number of nitrogens with two attached hydrogens (primary N) is 1. The second kappa shape index (κ2) is 5.29. The van der Waals surface area contributed by atoms with Crippen LogP contribution in [0.4, 0.5) is 0 Å². The number of nitrogen functional groups attached to an aromatic ring is 1. The molecule has 0 atom stereocenters. The number of halogens is 2. The Hall–Kier alpha value is -1.71. The van der Waals surface area contributed by atoms with E-state index in [2.05, 4.69) is 0 Å². The van der Waals surface area contributed by atoms with Crippen LogP contribution in [0.1, 0.15) is 5.56 Å². The average molecular weight is 281 g/mol. The molecule has 0 amide bonds. The number of ether oxygens (including phenoxy) is 1. The highest BCUT2D eigenvalue weighted by Gasteiger charge is 2.02. The van der Waals surface area contributed by atoms with Gasteiger partial charge in [0, 0.05) is 11.6 Å². The first-order valence-electron chi connectivity index (χ1n) is 5.13. The summed E-state index contributed by atoms with van der Waals surface area (Å²) >= 11 is 11.7. The number of nitrogens with one attached hydrogen (secondary N) is 1. The molecule has 0 aliphatic carbocycles. The second-order valence-electron chi connectivity index (χ2n) is 3.62. The molecule has 0 radical (unpaired) electrons. The Morgan fingerprint density at radius 2 is 1.56 bits per heavy atom. The molecule has 0 aliphatic rings. The predicted octanol–water partition coefficient (Wildman–Crippen LogP) is 4.07. The summed E-state index contributed by atoms with van der Waals surface area (Å²) in [6.07, 6.45) is 0. The van der Waals surface area contributed by atoms with Crippen molar-refractivity contribution in [3.05, 3.63) is 58.1 Å². The number of benzene rings is 2. The van der Waals surface area contributed by atoms with E-state index in [1.165, 1.54) is 0 Å². The Morgan fingerprint density at radius 1 is 0.944 bits per heavy atom. The van der Waals surface area contributed by atoms with Crippen molar-refractivity contribution in [2.45, 2.75) is 0 Å². The summed E-state index contributed by atoms with van der Waals surface area (Å²) in [4.78, 5) is 0. The van der Waals surface area contributed by atoms with E-state index in [0.29, 0.717) is 27.1 Å². The van der Waals surface area contributed by atoms with Crippen molar-refractivity contribution in [2.24, 2.45) is 5.73 Å². The summed E-state index contributed by atoms with van der Waals surface area (Å²) in [5.74, 6) is 1.26. The maximum atomic E-state index is 7.28. The molecule has 2 aromatic carbocycles. The molecule has 0 spiro atoms. The predicted molar refractivity (Wildman–Crippen MR) is 74.0 cm³/mol. The standard InChI is InChI=1S/C13H10Cl2N2O/c14-11-6-5-10(7-12(11)15)18-9-3-1-8(2-4-9)13(16)17/h1-7H,(H3,16,17). The van der Waals surface area contributed by atoms with Crippen LogP contribution in [0.5, 0.6) is 11.5 Å². The molecule has 0 heterocycles. The molecule has 2 rings (SSSR count). The number of rotatable bonds is 3. The monoisotopic (exact) mass is 280 g/mol. The van der Waals surface area contributed by atoms with Crippen molar-refractivity contribution in [3.8, 4) is 11.5 Å². The molecule has 3 nitrogen and oxygen atoms in total. The first kappa shape index (κ1) is 12.7. The topological polar surface area (TPSA) is 59.1 Å². The highest BCUT2D eigenvalue weighted by molar-refractivity contribution is 6.42. The fourth-order valence-electron chi connectivity index (χ4n) is 1.38. The van der Waals surface area contributed by atoms with Gasteiger partial charge in [0.05, 0.1) is 10.0 Å². The fraction of sp³-hybridized carbons (Fsp3) is 0. The summed E-state index contributed by atoms with van der Waals surface area (Å²) in [7, 11) is 0. The number of hydrogen-bond donors (Lipinski definition) is 2. The van der Waals surface area contributed by atoms with Crippen LogP contribution in [-0.4, -0.2) is 5.84 Å². The molecule has 92 valence electrons. The van der Waals surface area contributed by atoms with Crippen molar-refractivity contribution >= 4 is 29.0 Å². The molecule has 18 heavy (non-hydrogen) atoms. The number of amidine groups is 1. The normalized spacial score (nSPS) is 10.1. The molecule has 0 fully saturated rings. The van der Waals surface area contributed by atoms with Crippen molar-refractivity contribution in [3.63, 3.8) is 0 Å². The van der Waals surface area contributed by atoms with Gasteiger partial charge in [-0.3, -0.25) is 5.41 Å². The quantitative estimate of drug-likeness (QED) is 0.658. The average Bonchev–Trinajstić information content (AvgIpc) is 2.34. The van der Waals surface area contributed by atoms with Crippen molar-refractivity contribution in [1.82, 2.24) is 0 Å². The maximum absolute atomic E-state index is 7.28. The van der Waals surface area contributed by atoms with Gasteiger partial charge in [-0.25, -0.2) is 0 Å². The highest BCUT2D eigenvalue weighted by Crippen LogP contribution is 2.29. The Kier molecular flexibility index (Phi) is 3.75. The third-order valence-electron chi connectivity index (χ3n) is 2.29. The van der Waals surface area contributed by atoms with E-state index in [1.807, 2.05) is 0 Å². The number of hydrogen-bond acceptors (Lipinski definition) is 2. The van der Waals surface area contributed by atoms with E-state index in [4.69, 9.17) is 39.1 Å². The molecule has 0 bridgehead atoms. The lowest BCUT2D eigenvalue weighted by molar-refractivity contribution is 0.482. The van der Waals surface area contributed by atoms with Crippen LogP contribution in [0.3, 0.4) is 0 Å². The summed E-state index contributed by atoms with van der Waals surface area (Å²) in [6, 6.07) is 11.9. The first-order chi connectivity index (χ1) is 8.56. The van der Waals surface area contributed by atoms with Gasteiger partial charge in [-0.1, -0.05) is 23.2 Å². The van der Waals surface area contributed by atoms with Crippen LogP contribution in [-0.2, 0) is 0 Å². The minimum absolute atomic E-state index is 0.0242. The first-order valence-corrected chi connectivity index (χ1v) is 5.89. The molecule has 0 aromatic heterocycles. The molecule has 0 aliphatic heterocycles. The van der Waals surface area contributed by atoms with Crippen LogP contribution < -0.4 is 10.5 Å². The lowest BCUT2D eigenvalue weighted by Crippen LogP contribution is -2.10. The van der Waals surface area contributed by atoms with E-state index in [9.17, 15) is 0 Å².